The maximum Gasteiger partial charge on any atom is 0.338 e. The van der Waals surface area contributed by atoms with Gasteiger partial charge in [0.05, 0.1) is 32.9 Å². The highest BCUT2D eigenvalue weighted by Crippen LogP contribution is 2.38. The van der Waals surface area contributed by atoms with Crippen molar-refractivity contribution in [3.05, 3.63) is 89.5 Å². The second-order valence-electron chi connectivity index (χ2n) is 8.65. The highest BCUT2D eigenvalue weighted by atomic mass is 35.5. The Morgan fingerprint density at radius 2 is 1.26 bits per heavy atom. The normalized spacial score (nSPS) is 13.7. The minimum Gasteiger partial charge on any atom is -0.493 e. The number of halogens is 2. The standard InChI is InChI=1S/C29H34N2O5.2ClH/c1-33-25-20-24(21-26(34-2)28(25)35-3)29(32)36-19-18-30-14-16-31(17-15-30)27(22-10-6-4-7-11-22)23-12-8-5-9-13-23;;/h4-13,20-21,27H,14-19H2,1-3H3;2*1H. The zero-order valence-corrected chi connectivity index (χ0v) is 23.6. The van der Waals surface area contributed by atoms with E-state index in [1.165, 1.54) is 32.5 Å². The first-order valence-corrected chi connectivity index (χ1v) is 12.2. The lowest BCUT2D eigenvalue weighted by atomic mass is 9.96. The molecule has 9 heteroatoms. The Balaban J connectivity index is 0.00000253. The second-order valence-corrected chi connectivity index (χ2v) is 8.65. The summed E-state index contributed by atoms with van der Waals surface area (Å²) < 4.78 is 21.6. The van der Waals surface area contributed by atoms with Gasteiger partial charge in [0.2, 0.25) is 5.75 Å². The summed E-state index contributed by atoms with van der Waals surface area (Å²) in [6.07, 6.45) is 0. The van der Waals surface area contributed by atoms with E-state index in [0.29, 0.717) is 36.0 Å². The average molecular weight is 564 g/mol. The van der Waals surface area contributed by atoms with Gasteiger partial charge in [0.25, 0.3) is 0 Å². The Morgan fingerprint density at radius 1 is 0.763 bits per heavy atom. The predicted molar refractivity (Wildman–Crippen MR) is 154 cm³/mol. The molecule has 0 unspecified atom stereocenters. The van der Waals surface area contributed by atoms with Crippen molar-refractivity contribution in [2.24, 2.45) is 0 Å². The van der Waals surface area contributed by atoms with Crippen LogP contribution >= 0.6 is 24.8 Å². The van der Waals surface area contributed by atoms with Crippen molar-refractivity contribution < 1.29 is 23.7 Å². The van der Waals surface area contributed by atoms with E-state index in [4.69, 9.17) is 18.9 Å². The van der Waals surface area contributed by atoms with Gasteiger partial charge in [-0.2, -0.15) is 0 Å². The Hall–Kier alpha value is -2.97. The molecule has 0 radical (unpaired) electrons. The molecular weight excluding hydrogens is 527 g/mol. The molecule has 1 heterocycles. The van der Waals surface area contributed by atoms with Gasteiger partial charge in [0.15, 0.2) is 11.5 Å². The van der Waals surface area contributed by atoms with E-state index in [2.05, 4.69) is 70.5 Å². The topological polar surface area (TPSA) is 60.5 Å². The van der Waals surface area contributed by atoms with Crippen molar-refractivity contribution in [1.82, 2.24) is 9.80 Å². The van der Waals surface area contributed by atoms with Crippen LogP contribution in [0.25, 0.3) is 0 Å². The Kier molecular flexibility index (Phi) is 12.7. The van der Waals surface area contributed by atoms with E-state index in [9.17, 15) is 4.79 Å². The minimum absolute atomic E-state index is 0. The number of ether oxygens (including phenoxy) is 4. The summed E-state index contributed by atoms with van der Waals surface area (Å²) in [5.41, 5.74) is 2.97. The number of nitrogens with zero attached hydrogens (tertiary/aromatic N) is 2. The fourth-order valence-electron chi connectivity index (χ4n) is 4.68. The van der Waals surface area contributed by atoms with Gasteiger partial charge >= 0.3 is 5.97 Å². The number of hydrogen-bond donors (Lipinski definition) is 0. The van der Waals surface area contributed by atoms with Crippen molar-refractivity contribution in [1.29, 1.82) is 0 Å². The molecule has 206 valence electrons. The average Bonchev–Trinajstić information content (AvgIpc) is 2.94. The Labute approximate surface area is 237 Å². The number of methoxy groups -OCH3 is 3. The van der Waals surface area contributed by atoms with Crippen LogP contribution in [0.4, 0.5) is 0 Å². The van der Waals surface area contributed by atoms with E-state index in [0.717, 1.165) is 26.2 Å². The fourth-order valence-corrected chi connectivity index (χ4v) is 4.68. The van der Waals surface area contributed by atoms with Crippen LogP contribution < -0.4 is 14.2 Å². The lowest BCUT2D eigenvalue weighted by Crippen LogP contribution is -2.48. The van der Waals surface area contributed by atoms with E-state index in [-0.39, 0.29) is 30.9 Å². The number of rotatable bonds is 10. The van der Waals surface area contributed by atoms with Gasteiger partial charge in [-0.05, 0) is 23.3 Å². The molecule has 3 aromatic carbocycles. The van der Waals surface area contributed by atoms with Crippen molar-refractivity contribution in [3.63, 3.8) is 0 Å². The SMILES string of the molecule is COc1cc(C(=O)OCCN2CCN(C(c3ccccc3)c3ccccc3)CC2)cc(OC)c1OC.Cl.Cl. The highest BCUT2D eigenvalue weighted by molar-refractivity contribution is 5.91. The second kappa shape index (κ2) is 15.4. The van der Waals surface area contributed by atoms with Gasteiger partial charge in [-0.25, -0.2) is 4.79 Å². The number of benzene rings is 3. The van der Waals surface area contributed by atoms with E-state index in [1.807, 2.05) is 0 Å². The number of carbonyl (C=O) groups excluding carboxylic acids is 1. The lowest BCUT2D eigenvalue weighted by Gasteiger charge is -2.39. The van der Waals surface area contributed by atoms with Crippen LogP contribution in [-0.2, 0) is 4.74 Å². The summed E-state index contributed by atoms with van der Waals surface area (Å²) in [7, 11) is 4.57. The maximum absolute atomic E-state index is 12.7. The summed E-state index contributed by atoms with van der Waals surface area (Å²) in [5.74, 6) is 0.873. The summed E-state index contributed by atoms with van der Waals surface area (Å²) in [6, 6.07) is 24.8. The number of hydrogen-bond acceptors (Lipinski definition) is 7. The van der Waals surface area contributed by atoms with Crippen LogP contribution in [-0.4, -0.2) is 76.4 Å². The van der Waals surface area contributed by atoms with Gasteiger partial charge in [-0.1, -0.05) is 60.7 Å². The minimum atomic E-state index is -0.416. The quantitative estimate of drug-likeness (QED) is 0.318. The molecule has 3 aromatic rings. The van der Waals surface area contributed by atoms with Crippen molar-refractivity contribution in [2.45, 2.75) is 6.04 Å². The maximum atomic E-state index is 12.7. The molecule has 0 N–H and O–H groups in total. The molecule has 0 bridgehead atoms. The molecule has 1 aliphatic rings. The van der Waals surface area contributed by atoms with Gasteiger partial charge < -0.3 is 18.9 Å². The first kappa shape index (κ1) is 31.2. The van der Waals surface area contributed by atoms with Gasteiger partial charge in [-0.3, -0.25) is 9.80 Å². The third kappa shape index (κ3) is 7.54. The Bertz CT molecular complexity index is 1060. The summed E-state index contributed by atoms with van der Waals surface area (Å²) >= 11 is 0. The molecule has 1 aliphatic heterocycles. The van der Waals surface area contributed by atoms with Gasteiger partial charge in [0.1, 0.15) is 6.61 Å². The first-order chi connectivity index (χ1) is 17.6. The summed E-state index contributed by atoms with van der Waals surface area (Å²) in [5, 5.41) is 0. The van der Waals surface area contributed by atoms with E-state index in [1.54, 1.807) is 12.1 Å². The molecule has 1 saturated heterocycles. The molecule has 0 spiro atoms. The summed E-state index contributed by atoms with van der Waals surface area (Å²) in [4.78, 5) is 17.5. The van der Waals surface area contributed by atoms with Crippen LogP contribution in [0.15, 0.2) is 72.8 Å². The van der Waals surface area contributed by atoms with E-state index >= 15 is 0 Å². The van der Waals surface area contributed by atoms with Gasteiger partial charge in [-0.15, -0.1) is 24.8 Å². The molecule has 4 rings (SSSR count). The first-order valence-electron chi connectivity index (χ1n) is 12.2. The van der Waals surface area contributed by atoms with E-state index < -0.39 is 5.97 Å². The highest BCUT2D eigenvalue weighted by Gasteiger charge is 2.26. The zero-order chi connectivity index (χ0) is 25.3. The van der Waals surface area contributed by atoms with Crippen LogP contribution in [0, 0.1) is 0 Å². The van der Waals surface area contributed by atoms with Crippen LogP contribution in [0.5, 0.6) is 17.2 Å². The number of piperazine rings is 1. The fraction of sp³-hybridized carbons (Fsp3) is 0.345. The van der Waals surface area contributed by atoms with Crippen LogP contribution in [0.3, 0.4) is 0 Å². The third-order valence-corrected chi connectivity index (χ3v) is 6.54. The number of esters is 1. The molecule has 0 atom stereocenters. The van der Waals surface area contributed by atoms with Gasteiger partial charge in [0, 0.05) is 32.7 Å². The molecule has 38 heavy (non-hydrogen) atoms. The van der Waals surface area contributed by atoms with Crippen LogP contribution in [0.2, 0.25) is 0 Å². The van der Waals surface area contributed by atoms with Crippen LogP contribution in [0.1, 0.15) is 27.5 Å². The molecular formula is C29H36Cl2N2O5. The largest absolute Gasteiger partial charge is 0.493 e. The molecule has 0 saturated carbocycles. The third-order valence-electron chi connectivity index (χ3n) is 6.54. The number of carbonyl (C=O) groups is 1. The molecule has 0 aliphatic carbocycles. The monoisotopic (exact) mass is 562 g/mol. The molecule has 0 amide bonds. The Morgan fingerprint density at radius 3 is 1.71 bits per heavy atom. The molecule has 1 fully saturated rings. The van der Waals surface area contributed by atoms with Crippen molar-refractivity contribution in [3.8, 4) is 17.2 Å². The smallest absolute Gasteiger partial charge is 0.338 e. The zero-order valence-electron chi connectivity index (χ0n) is 22.0. The molecule has 7 nitrogen and oxygen atoms in total. The van der Waals surface area contributed by atoms with Crippen molar-refractivity contribution >= 4 is 30.8 Å². The predicted octanol–water partition coefficient (Wildman–Crippen LogP) is 5.12. The summed E-state index contributed by atoms with van der Waals surface area (Å²) in [6.45, 7) is 4.71. The van der Waals surface area contributed by atoms with Crippen molar-refractivity contribution in [2.75, 3.05) is 60.7 Å². The lowest BCUT2D eigenvalue weighted by molar-refractivity contribution is 0.0406. The molecule has 0 aromatic heterocycles.